The van der Waals surface area contributed by atoms with Crippen molar-refractivity contribution in [2.24, 2.45) is 0 Å². The summed E-state index contributed by atoms with van der Waals surface area (Å²) in [4.78, 5) is 17.0. The summed E-state index contributed by atoms with van der Waals surface area (Å²) in [5.74, 6) is 0.921. The van der Waals surface area contributed by atoms with Crippen LogP contribution in [-0.4, -0.2) is 35.3 Å². The molecular formula is C10H12N2O3. The predicted molar refractivity (Wildman–Crippen MR) is 53.8 cm³/mol. The second-order valence-electron chi connectivity index (χ2n) is 3.36. The Morgan fingerprint density at radius 1 is 1.80 bits per heavy atom. The van der Waals surface area contributed by atoms with Gasteiger partial charge in [-0.2, -0.15) is 0 Å². The maximum absolute atomic E-state index is 11.5. The van der Waals surface area contributed by atoms with Gasteiger partial charge < -0.3 is 9.84 Å². The van der Waals surface area contributed by atoms with E-state index in [4.69, 9.17) is 9.84 Å². The first-order valence-electron chi connectivity index (χ1n) is 4.72. The molecule has 80 valence electrons. The van der Waals surface area contributed by atoms with Gasteiger partial charge in [0, 0.05) is 13.1 Å². The first-order chi connectivity index (χ1) is 7.24. The van der Waals surface area contributed by atoms with Gasteiger partial charge in [0.2, 0.25) is 5.91 Å². The molecule has 1 aliphatic heterocycles. The van der Waals surface area contributed by atoms with Crippen molar-refractivity contribution in [1.82, 2.24) is 4.98 Å². The topological polar surface area (TPSA) is 62.7 Å². The van der Waals surface area contributed by atoms with E-state index in [2.05, 4.69) is 4.98 Å². The molecule has 0 saturated carbocycles. The monoisotopic (exact) mass is 208 g/mol. The Bertz CT molecular complexity index is 381. The van der Waals surface area contributed by atoms with Crippen molar-refractivity contribution in [1.29, 1.82) is 0 Å². The predicted octanol–water partition coefficient (Wildman–Crippen LogP) is 0.188. The van der Waals surface area contributed by atoms with E-state index in [0.717, 1.165) is 0 Å². The fraction of sp³-hybridized carbons (Fsp3) is 0.400. The highest BCUT2D eigenvalue weighted by molar-refractivity contribution is 5.93. The molecule has 15 heavy (non-hydrogen) atoms. The van der Waals surface area contributed by atoms with Gasteiger partial charge in [-0.1, -0.05) is 0 Å². The molecule has 1 amide bonds. The summed E-state index contributed by atoms with van der Waals surface area (Å²) in [6.45, 7) is 1.62. The molecule has 0 radical (unpaired) electrons. The van der Waals surface area contributed by atoms with E-state index in [1.807, 2.05) is 0 Å². The number of pyridine rings is 1. The molecule has 0 saturated heterocycles. The van der Waals surface area contributed by atoms with Crippen LogP contribution < -0.4 is 9.64 Å². The number of amides is 1. The normalized spacial score (nSPS) is 19.3. The average Bonchev–Trinajstić information content (AvgIpc) is 2.27. The fourth-order valence-electron chi connectivity index (χ4n) is 1.65. The second kappa shape index (κ2) is 3.86. The van der Waals surface area contributed by atoms with Gasteiger partial charge in [-0.3, -0.25) is 9.69 Å². The lowest BCUT2D eigenvalue weighted by Crippen LogP contribution is -2.48. The van der Waals surface area contributed by atoms with Gasteiger partial charge >= 0.3 is 0 Å². The SMILES string of the molecule is CC(=O)N1c2ncccc2OC[C@H]1CO. The molecule has 5 nitrogen and oxygen atoms in total. The van der Waals surface area contributed by atoms with Gasteiger partial charge in [0.1, 0.15) is 6.61 Å². The van der Waals surface area contributed by atoms with E-state index in [1.165, 1.54) is 11.8 Å². The van der Waals surface area contributed by atoms with Crippen molar-refractivity contribution in [3.8, 4) is 5.75 Å². The summed E-state index contributed by atoms with van der Waals surface area (Å²) in [5, 5.41) is 9.13. The maximum Gasteiger partial charge on any atom is 0.225 e. The molecule has 0 unspecified atom stereocenters. The molecule has 1 N–H and O–H groups in total. The Hall–Kier alpha value is -1.62. The second-order valence-corrected chi connectivity index (χ2v) is 3.36. The van der Waals surface area contributed by atoms with Crippen molar-refractivity contribution >= 4 is 11.7 Å². The summed E-state index contributed by atoms with van der Waals surface area (Å²) < 4.78 is 5.39. The van der Waals surface area contributed by atoms with E-state index >= 15 is 0 Å². The summed E-state index contributed by atoms with van der Waals surface area (Å²) in [6.07, 6.45) is 1.60. The molecule has 5 heteroatoms. The van der Waals surface area contributed by atoms with Crippen LogP contribution in [0.3, 0.4) is 0 Å². The number of aliphatic hydroxyl groups is 1. The highest BCUT2D eigenvalue weighted by Gasteiger charge is 2.30. The van der Waals surface area contributed by atoms with E-state index < -0.39 is 0 Å². The molecule has 0 spiro atoms. The number of carbonyl (C=O) groups excluding carboxylic acids is 1. The zero-order valence-corrected chi connectivity index (χ0v) is 8.38. The third-order valence-corrected chi connectivity index (χ3v) is 2.33. The Morgan fingerprint density at radius 3 is 3.27 bits per heavy atom. The van der Waals surface area contributed by atoms with Crippen LogP contribution in [-0.2, 0) is 4.79 Å². The molecule has 0 aliphatic carbocycles. The number of nitrogens with zero attached hydrogens (tertiary/aromatic N) is 2. The first-order valence-corrected chi connectivity index (χ1v) is 4.72. The van der Waals surface area contributed by atoms with Crippen molar-refractivity contribution < 1.29 is 14.6 Å². The van der Waals surface area contributed by atoms with Gasteiger partial charge in [0.05, 0.1) is 12.6 Å². The van der Waals surface area contributed by atoms with Gasteiger partial charge in [-0.05, 0) is 12.1 Å². The molecule has 2 rings (SSSR count). The number of hydrogen-bond donors (Lipinski definition) is 1. The maximum atomic E-state index is 11.5. The van der Waals surface area contributed by atoms with Crippen LogP contribution in [0.25, 0.3) is 0 Å². The van der Waals surface area contributed by atoms with Gasteiger partial charge in [-0.15, -0.1) is 0 Å². The number of aliphatic hydroxyl groups excluding tert-OH is 1. The van der Waals surface area contributed by atoms with Crippen LogP contribution in [0.2, 0.25) is 0 Å². The van der Waals surface area contributed by atoms with Crippen LogP contribution in [0.5, 0.6) is 5.75 Å². The molecule has 1 aromatic rings. The lowest BCUT2D eigenvalue weighted by molar-refractivity contribution is -0.117. The Balaban J connectivity index is 2.43. The van der Waals surface area contributed by atoms with Crippen LogP contribution >= 0.6 is 0 Å². The number of carbonyl (C=O) groups is 1. The summed E-state index contributed by atoms with van der Waals surface area (Å²) >= 11 is 0. The number of anilines is 1. The lowest BCUT2D eigenvalue weighted by atomic mass is 10.2. The van der Waals surface area contributed by atoms with Gasteiger partial charge in [0.15, 0.2) is 11.6 Å². The Kier molecular flexibility index (Phi) is 2.55. The van der Waals surface area contributed by atoms with E-state index in [-0.39, 0.29) is 18.6 Å². The van der Waals surface area contributed by atoms with Crippen LogP contribution in [0, 0.1) is 0 Å². The zero-order valence-electron chi connectivity index (χ0n) is 8.38. The van der Waals surface area contributed by atoms with Crippen molar-refractivity contribution in [2.75, 3.05) is 18.1 Å². The minimum Gasteiger partial charge on any atom is -0.487 e. The average molecular weight is 208 g/mol. The van der Waals surface area contributed by atoms with E-state index in [0.29, 0.717) is 18.2 Å². The minimum absolute atomic E-state index is 0.129. The molecule has 0 bridgehead atoms. The first kappa shape index (κ1) is 9.92. The number of fused-ring (bicyclic) bond motifs is 1. The molecule has 0 fully saturated rings. The molecule has 1 atom stereocenters. The third-order valence-electron chi connectivity index (χ3n) is 2.33. The fourth-order valence-corrected chi connectivity index (χ4v) is 1.65. The quantitative estimate of drug-likeness (QED) is 0.715. The highest BCUT2D eigenvalue weighted by atomic mass is 16.5. The van der Waals surface area contributed by atoms with Crippen molar-refractivity contribution in [3.05, 3.63) is 18.3 Å². The van der Waals surface area contributed by atoms with Gasteiger partial charge in [-0.25, -0.2) is 4.98 Å². The number of aromatic nitrogens is 1. The third kappa shape index (κ3) is 1.66. The zero-order chi connectivity index (χ0) is 10.8. The van der Waals surface area contributed by atoms with Crippen molar-refractivity contribution in [2.45, 2.75) is 13.0 Å². The number of hydrogen-bond acceptors (Lipinski definition) is 4. The lowest BCUT2D eigenvalue weighted by Gasteiger charge is -2.34. The van der Waals surface area contributed by atoms with Gasteiger partial charge in [0.25, 0.3) is 0 Å². The highest BCUT2D eigenvalue weighted by Crippen LogP contribution is 2.30. The number of rotatable bonds is 1. The minimum atomic E-state index is -0.343. The summed E-state index contributed by atoms with van der Waals surface area (Å²) in [6, 6.07) is 3.16. The largest absolute Gasteiger partial charge is 0.487 e. The standard InChI is InChI=1S/C10H12N2O3/c1-7(14)12-8(5-13)6-15-9-3-2-4-11-10(9)12/h2-4,8,13H,5-6H2,1H3/t8-/m1/s1. The molecule has 1 aliphatic rings. The Morgan fingerprint density at radius 2 is 2.60 bits per heavy atom. The molecule has 1 aromatic heterocycles. The number of ether oxygens (including phenoxy) is 1. The van der Waals surface area contributed by atoms with Crippen LogP contribution in [0.15, 0.2) is 18.3 Å². The molecular weight excluding hydrogens is 196 g/mol. The molecule has 2 heterocycles. The van der Waals surface area contributed by atoms with E-state index in [9.17, 15) is 4.79 Å². The van der Waals surface area contributed by atoms with Crippen LogP contribution in [0.1, 0.15) is 6.92 Å². The van der Waals surface area contributed by atoms with E-state index in [1.54, 1.807) is 18.3 Å². The van der Waals surface area contributed by atoms with Crippen molar-refractivity contribution in [3.63, 3.8) is 0 Å². The Labute approximate surface area is 87.3 Å². The summed E-state index contributed by atoms with van der Waals surface area (Å²) in [7, 11) is 0. The van der Waals surface area contributed by atoms with Crippen LogP contribution in [0.4, 0.5) is 5.82 Å². The summed E-state index contributed by atoms with van der Waals surface area (Å²) in [5.41, 5.74) is 0. The smallest absolute Gasteiger partial charge is 0.225 e. The molecule has 0 aromatic carbocycles.